The molecule has 0 spiro atoms. The molecule has 120 heavy (non-hydrogen) atoms. The van der Waals surface area contributed by atoms with Gasteiger partial charge in [0.1, 0.15) is 101 Å². The van der Waals surface area contributed by atoms with Gasteiger partial charge in [-0.1, -0.05) is 70.5 Å². The molecule has 0 saturated heterocycles. The summed E-state index contributed by atoms with van der Waals surface area (Å²) in [5.41, 5.74) is 16.6. The number of esters is 1. The van der Waals surface area contributed by atoms with Crippen molar-refractivity contribution in [3.8, 4) is 57.5 Å². The number of ketones is 2. The maximum atomic E-state index is 12.3. The van der Waals surface area contributed by atoms with Gasteiger partial charge in [0.2, 0.25) is 11.8 Å². The van der Waals surface area contributed by atoms with Gasteiger partial charge in [-0.2, -0.15) is 0 Å². The molecule has 0 saturated carbocycles. The fraction of sp³-hybridized carbons (Fsp3) is 0.395. The number of amides is 7. The van der Waals surface area contributed by atoms with Gasteiger partial charge in [0.25, 0.3) is 23.6 Å². The van der Waals surface area contributed by atoms with E-state index in [1.54, 1.807) is 118 Å². The van der Waals surface area contributed by atoms with Gasteiger partial charge < -0.3 is 99.6 Å². The monoisotopic (exact) mass is 1770 g/mol. The number of nitrogens with one attached hydrogen (secondary N) is 2. The summed E-state index contributed by atoms with van der Waals surface area (Å²) in [6.07, 6.45) is 5.17. The molecule has 0 aliphatic carbocycles. The highest BCUT2D eigenvalue weighted by Gasteiger charge is 2.36. The number of alkyl carbamates (subject to hydrolysis) is 1. The van der Waals surface area contributed by atoms with Crippen molar-refractivity contribution in [2.45, 2.75) is 118 Å². The normalized spacial score (nSPS) is 11.2. The molecule has 654 valence electrons. The molecule has 0 fully saturated rings. The highest BCUT2D eigenvalue weighted by molar-refractivity contribution is 9.09. The summed E-state index contributed by atoms with van der Waals surface area (Å²) in [4.78, 5) is 116. The number of primary amides is 2. The molecule has 30 nitrogen and oxygen atoms in total. The van der Waals surface area contributed by atoms with Crippen LogP contribution in [0, 0.1) is 0 Å². The van der Waals surface area contributed by atoms with Crippen molar-refractivity contribution < 1.29 is 110 Å². The third kappa shape index (κ3) is 45.1. The minimum atomic E-state index is -0.543. The van der Waals surface area contributed by atoms with E-state index < -0.39 is 18.7 Å². The van der Waals surface area contributed by atoms with E-state index in [1.807, 2.05) is 88.4 Å². The molecule has 0 aromatic heterocycles. The fourth-order valence-electron chi connectivity index (χ4n) is 10.2. The van der Waals surface area contributed by atoms with Crippen LogP contribution in [0.25, 0.3) is 0 Å². The number of imide groups is 2. The van der Waals surface area contributed by atoms with E-state index in [0.29, 0.717) is 199 Å². The second-order valence-corrected chi connectivity index (χ2v) is 27.6. The first-order chi connectivity index (χ1) is 56.6. The molecule has 2 aliphatic rings. The average molecular weight is 1770 g/mol. The molecule has 2 heterocycles. The number of rotatable bonds is 44. The Morgan fingerprint density at radius 3 is 1.07 bits per heavy atom. The van der Waals surface area contributed by atoms with E-state index in [0.717, 1.165) is 17.5 Å². The molecular weight excluding hydrogens is 1660 g/mol. The average Bonchev–Trinajstić information content (AvgIpc) is 1.65. The number of phenols is 1. The topological polar surface area (TPSA) is 421 Å². The van der Waals surface area contributed by atoms with Crippen molar-refractivity contribution in [3.63, 3.8) is 0 Å². The number of hydrogen-bond acceptors (Lipinski definition) is 25. The maximum absolute atomic E-state index is 12.3. The van der Waals surface area contributed by atoms with Crippen LogP contribution >= 0.6 is 40.7 Å². The Labute approximate surface area is 722 Å². The van der Waals surface area contributed by atoms with E-state index in [4.69, 9.17) is 69.6 Å². The standard InChI is InChI=1S/C21H21NO5.C18H27NO5.C16H13NO4.C13H21BN2O4.C12H18N2O3.C6H11BrO2.2ClH/c1-15(23)6-5-12-26-16-7-4-8-17(14-16)27-13-11-22-20(24)18-9-2-3-10-19(18)21(22)25;1-14(20)7-6-11-22-15-8-5-9-16(13-15)23-12-10-19-17(21)24-18(2,3)4;18-11-4-3-5-12(10-11)21-9-8-17-15(19)13-6-1-2-7-14(13)16(17)20;1-14(18)16-7-9-20-12-5-2-4-11(10-12)19-8-3-6-13(15)17;13-6-8-17-11-4-1-3-10(9-11)16-7-2-5-12(14)15;1-2-9-6(8)4-3-5-7;;/h2-4,7-10,14H,5-6,11-13H2,1H3;5,8-9,13H,6-7,10-12H2,1-4H3,(H,19,21);1-7,10,18H,8-9H2;2,4-5,10,16,18H,3,6-9H2,1H3,(H2,15,17);1,3-4,9H,2,5-8,13H2,(H2,14,15);2-5H2,1H3;2*1H. The Hall–Kier alpha value is -11.2. The summed E-state index contributed by atoms with van der Waals surface area (Å²) in [5, 5.41) is 24.7. The third-order valence-electron chi connectivity index (χ3n) is 15.6. The van der Waals surface area contributed by atoms with Crippen molar-refractivity contribution >= 4 is 107 Å². The zero-order valence-electron chi connectivity index (χ0n) is 68.9. The minimum Gasteiger partial charge on any atom is -0.508 e. The molecule has 7 amide bonds. The minimum absolute atomic E-state index is 0. The quantitative estimate of drug-likeness (QED) is 0.00613. The van der Waals surface area contributed by atoms with Crippen LogP contribution in [0.5, 0.6) is 57.5 Å². The number of fused-ring (bicyclic) bond motifs is 2. The molecule has 34 heteroatoms. The Morgan fingerprint density at radius 2 is 0.758 bits per heavy atom. The number of Topliss-reactive ketones (excluding diaryl/α,β-unsaturated/α-hetero) is 2. The summed E-state index contributed by atoms with van der Waals surface area (Å²) in [7, 11) is -0.543. The van der Waals surface area contributed by atoms with Crippen LogP contribution in [0.15, 0.2) is 170 Å². The molecule has 0 atom stereocenters. The van der Waals surface area contributed by atoms with E-state index in [2.05, 4.69) is 31.2 Å². The number of hydrogen-bond donors (Lipinski definition) is 7. The van der Waals surface area contributed by atoms with E-state index >= 15 is 0 Å². The molecule has 10 N–H and O–H groups in total. The highest BCUT2D eigenvalue weighted by Crippen LogP contribution is 2.27. The third-order valence-corrected chi connectivity index (χ3v) is 16.1. The van der Waals surface area contributed by atoms with Crippen LogP contribution in [-0.4, -0.2) is 196 Å². The van der Waals surface area contributed by atoms with E-state index in [9.17, 15) is 53.1 Å². The second kappa shape index (κ2) is 60.3. The molecule has 7 aromatic carbocycles. The number of carbonyl (C=O) groups is 10. The predicted octanol–water partition coefficient (Wildman–Crippen LogP) is 12.2. The number of carbonyl (C=O) groups excluding carboxylic acids is 10. The maximum Gasteiger partial charge on any atom is 0.407 e. The van der Waals surface area contributed by atoms with Gasteiger partial charge in [-0.3, -0.25) is 43.4 Å². The first-order valence-corrected chi connectivity index (χ1v) is 39.8. The van der Waals surface area contributed by atoms with Crippen LogP contribution < -0.4 is 70.4 Å². The van der Waals surface area contributed by atoms with Crippen LogP contribution in [0.2, 0.25) is 6.82 Å². The number of alkyl halides is 1. The predicted molar refractivity (Wildman–Crippen MR) is 463 cm³/mol. The lowest BCUT2D eigenvalue weighted by molar-refractivity contribution is -0.143. The fourth-order valence-corrected chi connectivity index (χ4v) is 10.5. The number of ether oxygens (including phenoxy) is 11. The summed E-state index contributed by atoms with van der Waals surface area (Å²) in [5.74, 6) is 4.41. The smallest absolute Gasteiger partial charge is 0.407 e. The summed E-state index contributed by atoms with van der Waals surface area (Å²) < 4.78 is 59.5. The van der Waals surface area contributed by atoms with Crippen molar-refractivity contribution in [3.05, 3.63) is 192 Å². The number of nitrogens with zero attached hydrogens (tertiary/aromatic N) is 2. The molecular formula is C86H113BBrCl2N7O23. The summed E-state index contributed by atoms with van der Waals surface area (Å²) in [6.45, 7) is 17.7. The van der Waals surface area contributed by atoms with Gasteiger partial charge in [0, 0.05) is 80.9 Å². The van der Waals surface area contributed by atoms with E-state index in [1.165, 1.54) is 21.9 Å². The molecule has 9 rings (SSSR count). The second-order valence-electron chi connectivity index (χ2n) is 26.8. The number of aromatic hydroxyl groups is 1. The number of halogens is 3. The Kier molecular flexibility index (Phi) is 52.8. The lowest BCUT2D eigenvalue weighted by Crippen LogP contribution is -2.34. The van der Waals surface area contributed by atoms with Gasteiger partial charge in [0.05, 0.1) is 81.5 Å². The number of benzene rings is 7. The van der Waals surface area contributed by atoms with Crippen LogP contribution in [0.4, 0.5) is 4.79 Å². The Balaban J connectivity index is 0.000000497. The van der Waals surface area contributed by atoms with E-state index in [-0.39, 0.29) is 110 Å². The van der Waals surface area contributed by atoms with Gasteiger partial charge in [0.15, 0.2) is 0 Å². The Bertz CT molecular complexity index is 4210. The molecule has 0 unspecified atom stereocenters. The number of phenolic OH excluding ortho intramolecular Hbond substituents is 1. The SMILES string of the molecule is CB(O)NCCOc1cccc(OCCCC(N)=O)c1.CC(=O)CCCOc1cccc(OCCN2C(=O)c3ccccc3C2=O)c1.CC(=O)CCCOc1cccc(OCCNC(=O)OC(C)(C)C)c1.CCOC(=O)CCCBr.Cl.Cl.NCCOc1cccc(OCCCC(N)=O)c1.O=C1c2ccccc2C(=O)N1CCOc1cccc(O)c1. The van der Waals surface area contributed by atoms with Gasteiger partial charge in [-0.15, -0.1) is 24.8 Å². The zero-order chi connectivity index (χ0) is 86.5. The lowest BCUT2D eigenvalue weighted by Gasteiger charge is -2.19. The first kappa shape index (κ1) is 105. The zero-order valence-corrected chi connectivity index (χ0v) is 72.1. The van der Waals surface area contributed by atoms with Crippen LogP contribution in [-0.2, 0) is 33.4 Å². The van der Waals surface area contributed by atoms with Gasteiger partial charge in [-0.05, 0) is 165 Å². The van der Waals surface area contributed by atoms with Crippen molar-refractivity contribution in [1.82, 2.24) is 20.3 Å². The van der Waals surface area contributed by atoms with Gasteiger partial charge in [-0.25, -0.2) is 4.79 Å². The molecule has 0 radical (unpaired) electrons. The molecule has 2 aliphatic heterocycles. The lowest BCUT2D eigenvalue weighted by atomic mass is 9.89. The summed E-state index contributed by atoms with van der Waals surface area (Å²) >= 11 is 3.22. The summed E-state index contributed by atoms with van der Waals surface area (Å²) in [6, 6.07) is 48.9. The Morgan fingerprint density at radius 1 is 0.442 bits per heavy atom. The molecule has 7 aromatic rings. The number of nitrogens with two attached hydrogens (primary N) is 3. The van der Waals surface area contributed by atoms with Gasteiger partial charge >= 0.3 is 19.1 Å². The molecule has 0 bridgehead atoms. The largest absolute Gasteiger partial charge is 0.508 e. The highest BCUT2D eigenvalue weighted by atomic mass is 79.9. The van der Waals surface area contributed by atoms with Crippen LogP contribution in [0.1, 0.15) is 147 Å². The van der Waals surface area contributed by atoms with Crippen molar-refractivity contribution in [2.24, 2.45) is 17.2 Å². The van der Waals surface area contributed by atoms with Crippen molar-refractivity contribution in [2.75, 3.05) is 104 Å². The van der Waals surface area contributed by atoms with Crippen molar-refractivity contribution in [1.29, 1.82) is 0 Å². The first-order valence-electron chi connectivity index (χ1n) is 38.7. The van der Waals surface area contributed by atoms with Crippen LogP contribution in [0.3, 0.4) is 0 Å².